The summed E-state index contributed by atoms with van der Waals surface area (Å²) in [6, 6.07) is 7.34. The van der Waals surface area contributed by atoms with E-state index in [1.807, 2.05) is 18.3 Å². The zero-order chi connectivity index (χ0) is 14.9. The molecule has 1 aliphatic carbocycles. The molecule has 2 heterocycles. The summed E-state index contributed by atoms with van der Waals surface area (Å²) in [5.41, 5.74) is 2.96. The first-order valence-electron chi connectivity index (χ1n) is 7.93. The predicted molar refractivity (Wildman–Crippen MR) is 86.2 cm³/mol. The predicted octanol–water partition coefficient (Wildman–Crippen LogP) is 2.14. The molecule has 1 aliphatic heterocycles. The minimum absolute atomic E-state index is 0.273. The second-order valence-electron chi connectivity index (χ2n) is 6.02. The lowest BCUT2D eigenvalue weighted by molar-refractivity contribution is 0.475. The first-order valence-corrected chi connectivity index (χ1v) is 7.93. The van der Waals surface area contributed by atoms with Gasteiger partial charge in [0.2, 0.25) is 0 Å². The molecule has 0 spiro atoms. The number of phenols is 1. The van der Waals surface area contributed by atoms with Gasteiger partial charge in [-0.25, -0.2) is 9.97 Å². The van der Waals surface area contributed by atoms with Gasteiger partial charge in [-0.3, -0.25) is 0 Å². The summed E-state index contributed by atoms with van der Waals surface area (Å²) in [5.74, 6) is 1.74. The summed E-state index contributed by atoms with van der Waals surface area (Å²) in [6.45, 7) is 3.86. The van der Waals surface area contributed by atoms with Crippen LogP contribution in [0.2, 0.25) is 0 Å². The van der Waals surface area contributed by atoms with Gasteiger partial charge in [-0.15, -0.1) is 0 Å². The highest BCUT2D eigenvalue weighted by Crippen LogP contribution is 2.40. The Morgan fingerprint density at radius 3 is 2.73 bits per heavy atom. The molecule has 2 N–H and O–H groups in total. The molecule has 4 rings (SSSR count). The van der Waals surface area contributed by atoms with Crippen molar-refractivity contribution < 1.29 is 5.11 Å². The molecule has 5 nitrogen and oxygen atoms in total. The van der Waals surface area contributed by atoms with Gasteiger partial charge in [0.1, 0.15) is 11.6 Å². The molecule has 2 aromatic rings. The minimum Gasteiger partial charge on any atom is -0.508 e. The fourth-order valence-corrected chi connectivity index (χ4v) is 2.93. The molecule has 22 heavy (non-hydrogen) atoms. The number of anilines is 1. The summed E-state index contributed by atoms with van der Waals surface area (Å²) >= 11 is 0. The van der Waals surface area contributed by atoms with Crippen molar-refractivity contribution in [1.82, 2.24) is 15.3 Å². The van der Waals surface area contributed by atoms with Crippen LogP contribution in [0, 0.1) is 0 Å². The van der Waals surface area contributed by atoms with Gasteiger partial charge in [0.05, 0.1) is 17.6 Å². The zero-order valence-electron chi connectivity index (χ0n) is 12.5. The molecule has 114 valence electrons. The van der Waals surface area contributed by atoms with E-state index < -0.39 is 0 Å². The lowest BCUT2D eigenvalue weighted by Gasteiger charge is -2.30. The molecule has 1 aromatic heterocycles. The van der Waals surface area contributed by atoms with Gasteiger partial charge in [0.25, 0.3) is 0 Å². The van der Waals surface area contributed by atoms with Crippen LogP contribution >= 0.6 is 0 Å². The van der Waals surface area contributed by atoms with Crippen molar-refractivity contribution >= 4 is 5.69 Å². The van der Waals surface area contributed by atoms with E-state index in [0.29, 0.717) is 5.92 Å². The van der Waals surface area contributed by atoms with E-state index in [2.05, 4.69) is 15.2 Å². The molecule has 0 amide bonds. The molecule has 5 heteroatoms. The van der Waals surface area contributed by atoms with E-state index in [4.69, 9.17) is 4.98 Å². The normalized spacial score (nSPS) is 18.5. The minimum atomic E-state index is 0.273. The summed E-state index contributed by atoms with van der Waals surface area (Å²) in [7, 11) is 0. The van der Waals surface area contributed by atoms with Crippen LogP contribution < -0.4 is 10.2 Å². The molecule has 2 aliphatic rings. The quantitative estimate of drug-likeness (QED) is 0.908. The molecule has 1 saturated carbocycles. The Hall–Kier alpha value is -2.14. The van der Waals surface area contributed by atoms with Gasteiger partial charge in [-0.1, -0.05) is 12.1 Å². The van der Waals surface area contributed by atoms with Crippen LogP contribution in [0.1, 0.15) is 24.6 Å². The highest BCUT2D eigenvalue weighted by molar-refractivity contribution is 5.75. The highest BCUT2D eigenvalue weighted by atomic mass is 16.3. The molecule has 0 radical (unpaired) electrons. The summed E-state index contributed by atoms with van der Waals surface area (Å²) in [4.78, 5) is 11.8. The van der Waals surface area contributed by atoms with Crippen LogP contribution in [0.4, 0.5) is 5.69 Å². The van der Waals surface area contributed by atoms with E-state index in [1.165, 1.54) is 12.8 Å². The topological polar surface area (TPSA) is 61.3 Å². The monoisotopic (exact) mass is 296 g/mol. The van der Waals surface area contributed by atoms with Crippen molar-refractivity contribution in [2.75, 3.05) is 31.1 Å². The van der Waals surface area contributed by atoms with Gasteiger partial charge in [-0.2, -0.15) is 0 Å². The van der Waals surface area contributed by atoms with E-state index >= 15 is 0 Å². The Kier molecular flexibility index (Phi) is 3.42. The Morgan fingerprint density at radius 2 is 2.00 bits per heavy atom. The standard InChI is InChI=1S/C17H20N4O/c22-14-3-1-2-13(10-14)16-15(21-8-6-18-7-9-21)11-19-17(20-16)12-4-5-12/h1-3,10-12,18,22H,4-9H2. The Bertz CT molecular complexity index is 678. The number of aromatic hydroxyl groups is 1. The lowest BCUT2D eigenvalue weighted by Crippen LogP contribution is -2.43. The summed E-state index contributed by atoms with van der Waals surface area (Å²) < 4.78 is 0. The van der Waals surface area contributed by atoms with Crippen LogP contribution in [-0.2, 0) is 0 Å². The fourth-order valence-electron chi connectivity index (χ4n) is 2.93. The van der Waals surface area contributed by atoms with Crippen molar-refractivity contribution in [1.29, 1.82) is 0 Å². The SMILES string of the molecule is Oc1cccc(-c2nc(C3CC3)ncc2N2CCNCC2)c1. The fraction of sp³-hybridized carbons (Fsp3) is 0.412. The average Bonchev–Trinajstić information content (AvgIpc) is 3.40. The van der Waals surface area contributed by atoms with Gasteiger partial charge >= 0.3 is 0 Å². The number of nitrogens with zero attached hydrogens (tertiary/aromatic N) is 3. The van der Waals surface area contributed by atoms with E-state index in [-0.39, 0.29) is 5.75 Å². The Morgan fingerprint density at radius 1 is 1.18 bits per heavy atom. The van der Waals surface area contributed by atoms with E-state index in [1.54, 1.807) is 12.1 Å². The van der Waals surface area contributed by atoms with Crippen molar-refractivity contribution in [2.24, 2.45) is 0 Å². The lowest BCUT2D eigenvalue weighted by atomic mass is 10.1. The van der Waals surface area contributed by atoms with Gasteiger partial charge in [0.15, 0.2) is 0 Å². The molecular weight excluding hydrogens is 276 g/mol. The third-order valence-electron chi connectivity index (χ3n) is 4.31. The van der Waals surface area contributed by atoms with Gasteiger partial charge in [0, 0.05) is 37.7 Å². The third-order valence-corrected chi connectivity index (χ3v) is 4.31. The van der Waals surface area contributed by atoms with Crippen molar-refractivity contribution in [3.63, 3.8) is 0 Å². The number of rotatable bonds is 3. The maximum atomic E-state index is 9.80. The van der Waals surface area contributed by atoms with Crippen LogP contribution in [0.15, 0.2) is 30.5 Å². The van der Waals surface area contributed by atoms with Gasteiger partial charge < -0.3 is 15.3 Å². The number of phenolic OH excluding ortho intramolecular Hbond substituents is 1. The zero-order valence-corrected chi connectivity index (χ0v) is 12.5. The number of nitrogens with one attached hydrogen (secondary N) is 1. The number of piperazine rings is 1. The van der Waals surface area contributed by atoms with E-state index in [9.17, 15) is 5.11 Å². The van der Waals surface area contributed by atoms with Crippen LogP contribution in [-0.4, -0.2) is 41.3 Å². The largest absolute Gasteiger partial charge is 0.508 e. The second kappa shape index (κ2) is 5.57. The number of benzene rings is 1. The Labute approximate surface area is 130 Å². The molecule has 0 atom stereocenters. The maximum Gasteiger partial charge on any atom is 0.132 e. The maximum absolute atomic E-state index is 9.80. The molecule has 2 fully saturated rings. The second-order valence-corrected chi connectivity index (χ2v) is 6.02. The van der Waals surface area contributed by atoms with Crippen LogP contribution in [0.25, 0.3) is 11.3 Å². The van der Waals surface area contributed by atoms with Crippen molar-refractivity contribution in [3.8, 4) is 17.0 Å². The summed E-state index contributed by atoms with van der Waals surface area (Å²) in [6.07, 6.45) is 4.34. The summed E-state index contributed by atoms with van der Waals surface area (Å²) in [5, 5.41) is 13.2. The number of aromatic nitrogens is 2. The average molecular weight is 296 g/mol. The van der Waals surface area contributed by atoms with Crippen LogP contribution in [0.5, 0.6) is 5.75 Å². The van der Waals surface area contributed by atoms with Crippen molar-refractivity contribution in [3.05, 3.63) is 36.3 Å². The first-order chi connectivity index (χ1) is 10.8. The van der Waals surface area contributed by atoms with Crippen LogP contribution in [0.3, 0.4) is 0 Å². The number of hydrogen-bond donors (Lipinski definition) is 2. The smallest absolute Gasteiger partial charge is 0.132 e. The molecule has 0 bridgehead atoms. The van der Waals surface area contributed by atoms with E-state index in [0.717, 1.165) is 48.9 Å². The van der Waals surface area contributed by atoms with Crippen molar-refractivity contribution in [2.45, 2.75) is 18.8 Å². The molecule has 0 unspecified atom stereocenters. The highest BCUT2D eigenvalue weighted by Gasteiger charge is 2.28. The first kappa shape index (κ1) is 13.5. The van der Waals surface area contributed by atoms with Gasteiger partial charge in [-0.05, 0) is 25.0 Å². The molecule has 1 saturated heterocycles. The molecular formula is C17H20N4O. The molecule has 1 aromatic carbocycles. The Balaban J connectivity index is 1.79. The third kappa shape index (κ3) is 2.64. The number of hydrogen-bond acceptors (Lipinski definition) is 5.